The summed E-state index contributed by atoms with van der Waals surface area (Å²) >= 11 is 0. The fourth-order valence-electron chi connectivity index (χ4n) is 3.04. The van der Waals surface area contributed by atoms with Crippen LogP contribution in [0.5, 0.6) is 0 Å². The van der Waals surface area contributed by atoms with Gasteiger partial charge in [-0.2, -0.15) is 8.61 Å². The summed E-state index contributed by atoms with van der Waals surface area (Å²) in [4.78, 5) is 0.0287. The minimum Gasteiger partial charge on any atom is -0.330 e. The predicted octanol–water partition coefficient (Wildman–Crippen LogP) is 1.50. The van der Waals surface area contributed by atoms with Crippen LogP contribution in [-0.4, -0.2) is 58.2 Å². The Morgan fingerprint density at radius 2 is 1.62 bits per heavy atom. The van der Waals surface area contributed by atoms with Crippen molar-refractivity contribution in [3.63, 3.8) is 0 Å². The summed E-state index contributed by atoms with van der Waals surface area (Å²) in [5, 5.41) is 0. The van der Waals surface area contributed by atoms with E-state index in [1.807, 2.05) is 0 Å². The first-order valence-corrected chi connectivity index (χ1v) is 11.5. The molecule has 150 valence electrons. The number of benzene rings is 1. The van der Waals surface area contributed by atoms with Gasteiger partial charge in [-0.3, -0.25) is 0 Å². The predicted molar refractivity (Wildman–Crippen MR) is 104 cm³/mol. The van der Waals surface area contributed by atoms with Crippen LogP contribution in [0.4, 0.5) is 0 Å². The maximum atomic E-state index is 12.9. The monoisotopic (exact) mass is 425 g/mol. The number of nitrogens with two attached hydrogens (primary N) is 1. The Hall–Kier alpha value is -0.710. The van der Waals surface area contributed by atoms with E-state index >= 15 is 0 Å². The van der Waals surface area contributed by atoms with Crippen LogP contribution in [0, 0.1) is 5.92 Å². The number of hydrogen-bond acceptors (Lipinski definition) is 5. The topological polar surface area (TPSA) is 101 Å². The number of piperidine rings is 1. The molecule has 1 aliphatic heterocycles. The van der Waals surface area contributed by atoms with Crippen LogP contribution in [0.1, 0.15) is 26.7 Å². The van der Waals surface area contributed by atoms with E-state index in [9.17, 15) is 16.8 Å². The molecule has 0 atom stereocenters. The molecular formula is C16H28ClN3O4S2. The minimum absolute atomic E-state index is 0. The lowest BCUT2D eigenvalue weighted by Crippen LogP contribution is -2.40. The fraction of sp³-hybridized carbons (Fsp3) is 0.625. The maximum Gasteiger partial charge on any atom is 0.243 e. The molecule has 1 aromatic rings. The van der Waals surface area contributed by atoms with Crippen molar-refractivity contribution < 1.29 is 16.8 Å². The molecule has 1 heterocycles. The summed E-state index contributed by atoms with van der Waals surface area (Å²) in [6, 6.07) is 5.63. The van der Waals surface area contributed by atoms with Crippen molar-refractivity contribution in [2.45, 2.75) is 36.5 Å². The molecule has 0 spiro atoms. The van der Waals surface area contributed by atoms with Gasteiger partial charge in [-0.1, -0.05) is 19.9 Å². The second-order valence-corrected chi connectivity index (χ2v) is 10.0. The highest BCUT2D eigenvalue weighted by Crippen LogP contribution is 2.25. The molecule has 2 rings (SSSR count). The lowest BCUT2D eigenvalue weighted by atomic mass is 9.99. The molecule has 1 aliphatic rings. The molecule has 2 N–H and O–H groups in total. The molecule has 0 bridgehead atoms. The molecule has 0 aromatic heterocycles. The average Bonchev–Trinajstić information content (AvgIpc) is 2.62. The molecule has 1 saturated heterocycles. The van der Waals surface area contributed by atoms with Gasteiger partial charge in [-0.25, -0.2) is 16.8 Å². The van der Waals surface area contributed by atoms with Gasteiger partial charge < -0.3 is 5.73 Å². The third-order valence-corrected chi connectivity index (χ3v) is 8.63. The van der Waals surface area contributed by atoms with Crippen LogP contribution in [0.15, 0.2) is 34.1 Å². The van der Waals surface area contributed by atoms with Crippen molar-refractivity contribution >= 4 is 32.5 Å². The van der Waals surface area contributed by atoms with Crippen LogP contribution in [0.2, 0.25) is 0 Å². The SMILES string of the molecule is CCN(CC)S(=O)(=O)c1cccc(S(=O)(=O)N2CCC(CN)CC2)c1.Cl. The smallest absolute Gasteiger partial charge is 0.243 e. The molecule has 0 unspecified atom stereocenters. The van der Waals surface area contributed by atoms with Gasteiger partial charge in [0.25, 0.3) is 0 Å². The molecular weight excluding hydrogens is 398 g/mol. The van der Waals surface area contributed by atoms with Crippen LogP contribution in [-0.2, 0) is 20.0 Å². The summed E-state index contributed by atoms with van der Waals surface area (Å²) in [5.41, 5.74) is 5.65. The molecule has 0 saturated carbocycles. The van der Waals surface area contributed by atoms with Gasteiger partial charge in [-0.15, -0.1) is 12.4 Å². The zero-order chi connectivity index (χ0) is 18.7. The zero-order valence-electron chi connectivity index (χ0n) is 15.2. The van der Waals surface area contributed by atoms with E-state index in [4.69, 9.17) is 5.73 Å². The number of rotatable bonds is 7. The first kappa shape index (κ1) is 23.3. The van der Waals surface area contributed by atoms with E-state index in [0.29, 0.717) is 38.6 Å². The van der Waals surface area contributed by atoms with Gasteiger partial charge in [0.2, 0.25) is 20.0 Å². The molecule has 7 nitrogen and oxygen atoms in total. The summed E-state index contributed by atoms with van der Waals surface area (Å²) in [6.45, 7) is 5.57. The Kier molecular flexibility index (Phi) is 8.50. The number of sulfonamides is 2. The van der Waals surface area contributed by atoms with Crippen LogP contribution < -0.4 is 5.73 Å². The first-order valence-electron chi connectivity index (χ1n) is 8.57. The summed E-state index contributed by atoms with van der Waals surface area (Å²) in [5.74, 6) is 0.348. The van der Waals surface area contributed by atoms with Crippen molar-refractivity contribution in [1.29, 1.82) is 0 Å². The zero-order valence-corrected chi connectivity index (χ0v) is 17.6. The minimum atomic E-state index is -3.71. The van der Waals surface area contributed by atoms with Crippen LogP contribution in [0.3, 0.4) is 0 Å². The summed E-state index contributed by atoms with van der Waals surface area (Å²) < 4.78 is 53.7. The van der Waals surface area contributed by atoms with Gasteiger partial charge in [0.05, 0.1) is 9.79 Å². The van der Waals surface area contributed by atoms with Gasteiger partial charge in [-0.05, 0) is 43.5 Å². The summed E-state index contributed by atoms with van der Waals surface area (Å²) in [7, 11) is -7.40. The molecule has 0 radical (unpaired) electrons. The molecule has 0 amide bonds. The third kappa shape index (κ3) is 4.76. The number of halogens is 1. The largest absolute Gasteiger partial charge is 0.330 e. The normalized spacial score (nSPS) is 17.2. The molecule has 26 heavy (non-hydrogen) atoms. The highest BCUT2D eigenvalue weighted by atomic mass is 35.5. The second-order valence-electron chi connectivity index (χ2n) is 6.15. The highest BCUT2D eigenvalue weighted by Gasteiger charge is 2.30. The Labute approximate surface area is 163 Å². The quantitative estimate of drug-likeness (QED) is 0.713. The number of hydrogen-bond donors (Lipinski definition) is 1. The van der Waals surface area contributed by atoms with Crippen molar-refractivity contribution in [2.24, 2.45) is 11.7 Å². The van der Waals surface area contributed by atoms with E-state index < -0.39 is 20.0 Å². The standard InChI is InChI=1S/C16H27N3O4S2.ClH/c1-3-18(4-2)24(20,21)15-6-5-7-16(12-15)25(22,23)19-10-8-14(13-17)9-11-19;/h5-7,12,14H,3-4,8-11,13,17H2,1-2H3;1H. The molecule has 10 heteroatoms. The first-order chi connectivity index (χ1) is 11.8. The second kappa shape index (κ2) is 9.48. The van der Waals surface area contributed by atoms with E-state index in [1.54, 1.807) is 13.8 Å². The highest BCUT2D eigenvalue weighted by molar-refractivity contribution is 7.90. The van der Waals surface area contributed by atoms with E-state index in [1.165, 1.54) is 32.9 Å². The Bertz CT molecular complexity index is 787. The van der Waals surface area contributed by atoms with Gasteiger partial charge in [0, 0.05) is 26.2 Å². The van der Waals surface area contributed by atoms with Crippen molar-refractivity contribution in [3.05, 3.63) is 24.3 Å². The fourth-order valence-corrected chi connectivity index (χ4v) is 6.14. The van der Waals surface area contributed by atoms with E-state index in [2.05, 4.69) is 0 Å². The van der Waals surface area contributed by atoms with Crippen molar-refractivity contribution in [3.8, 4) is 0 Å². The Morgan fingerprint density at radius 1 is 1.08 bits per heavy atom. The van der Waals surface area contributed by atoms with E-state index in [0.717, 1.165) is 12.8 Å². The molecule has 1 fully saturated rings. The van der Waals surface area contributed by atoms with Crippen LogP contribution in [0.25, 0.3) is 0 Å². The lowest BCUT2D eigenvalue weighted by molar-refractivity contribution is 0.278. The van der Waals surface area contributed by atoms with Crippen LogP contribution >= 0.6 is 12.4 Å². The van der Waals surface area contributed by atoms with Gasteiger partial charge in [0.15, 0.2) is 0 Å². The van der Waals surface area contributed by atoms with Crippen molar-refractivity contribution in [1.82, 2.24) is 8.61 Å². The van der Waals surface area contributed by atoms with E-state index in [-0.39, 0.29) is 22.2 Å². The van der Waals surface area contributed by atoms with Crippen molar-refractivity contribution in [2.75, 3.05) is 32.7 Å². The van der Waals surface area contributed by atoms with Gasteiger partial charge in [0.1, 0.15) is 0 Å². The lowest BCUT2D eigenvalue weighted by Gasteiger charge is -2.30. The third-order valence-electron chi connectivity index (χ3n) is 4.69. The average molecular weight is 426 g/mol. The number of nitrogens with zero attached hydrogens (tertiary/aromatic N) is 2. The Morgan fingerprint density at radius 3 is 2.12 bits per heavy atom. The molecule has 0 aliphatic carbocycles. The Balaban J connectivity index is 0.00000338. The maximum absolute atomic E-state index is 12.9. The molecule has 1 aromatic carbocycles. The summed E-state index contributed by atoms with van der Waals surface area (Å²) in [6.07, 6.45) is 1.46. The van der Waals surface area contributed by atoms with Gasteiger partial charge >= 0.3 is 0 Å².